The van der Waals surface area contributed by atoms with E-state index in [1.807, 2.05) is 0 Å². The molecule has 2 aromatic rings. The highest BCUT2D eigenvalue weighted by atomic mass is 16.6. The number of nitro benzene ring substituents is 1. The fourth-order valence-corrected chi connectivity index (χ4v) is 1.77. The first kappa shape index (κ1) is 13.5. The van der Waals surface area contributed by atoms with Crippen molar-refractivity contribution in [3.63, 3.8) is 0 Å². The third-order valence-electron chi connectivity index (χ3n) is 2.75. The van der Waals surface area contributed by atoms with E-state index in [0.29, 0.717) is 11.3 Å². The number of amides is 1. The summed E-state index contributed by atoms with van der Waals surface area (Å²) >= 11 is 0. The Kier molecular flexibility index (Phi) is 3.65. The van der Waals surface area contributed by atoms with E-state index in [0.717, 1.165) is 5.56 Å². The number of carbonyl (C=O) groups is 1. The van der Waals surface area contributed by atoms with Crippen molar-refractivity contribution >= 4 is 23.0 Å². The summed E-state index contributed by atoms with van der Waals surface area (Å²) < 4.78 is 0. The Morgan fingerprint density at radius 2 is 2.00 bits per heavy atom. The van der Waals surface area contributed by atoms with Crippen molar-refractivity contribution in [3.8, 4) is 0 Å². The summed E-state index contributed by atoms with van der Waals surface area (Å²) in [5, 5.41) is 13.5. The molecule has 1 amide bonds. The molecule has 0 aromatic heterocycles. The van der Waals surface area contributed by atoms with Gasteiger partial charge < -0.3 is 11.1 Å². The molecule has 0 saturated heterocycles. The van der Waals surface area contributed by atoms with Gasteiger partial charge >= 0.3 is 0 Å². The lowest BCUT2D eigenvalue weighted by molar-refractivity contribution is -0.384. The molecule has 0 aliphatic rings. The van der Waals surface area contributed by atoms with Gasteiger partial charge in [-0.3, -0.25) is 14.9 Å². The van der Waals surface area contributed by atoms with Crippen LogP contribution in [0.5, 0.6) is 0 Å². The van der Waals surface area contributed by atoms with Crippen molar-refractivity contribution in [3.05, 3.63) is 63.7 Å². The number of carbonyl (C=O) groups excluding carboxylic acids is 1. The van der Waals surface area contributed by atoms with Crippen LogP contribution in [0.1, 0.15) is 15.9 Å². The largest absolute Gasteiger partial charge is 0.399 e. The number of rotatable bonds is 3. The van der Waals surface area contributed by atoms with Gasteiger partial charge in [0.1, 0.15) is 5.69 Å². The summed E-state index contributed by atoms with van der Waals surface area (Å²) in [5.41, 5.74) is 7.17. The molecule has 20 heavy (non-hydrogen) atoms. The number of nitrogens with zero attached hydrogens (tertiary/aromatic N) is 1. The summed E-state index contributed by atoms with van der Waals surface area (Å²) in [6.45, 7) is 1.75. The molecule has 0 spiro atoms. The van der Waals surface area contributed by atoms with E-state index < -0.39 is 10.8 Å². The number of hydrogen-bond donors (Lipinski definition) is 2. The van der Waals surface area contributed by atoms with Crippen LogP contribution in [-0.2, 0) is 0 Å². The van der Waals surface area contributed by atoms with Gasteiger partial charge in [0.25, 0.3) is 11.6 Å². The number of anilines is 2. The van der Waals surface area contributed by atoms with Crippen LogP contribution in [0.3, 0.4) is 0 Å². The quantitative estimate of drug-likeness (QED) is 0.509. The summed E-state index contributed by atoms with van der Waals surface area (Å²) in [4.78, 5) is 22.5. The van der Waals surface area contributed by atoms with Crippen molar-refractivity contribution in [1.82, 2.24) is 0 Å². The van der Waals surface area contributed by atoms with Crippen molar-refractivity contribution in [2.75, 3.05) is 11.1 Å². The van der Waals surface area contributed by atoms with Crippen LogP contribution in [0.25, 0.3) is 0 Å². The first-order chi connectivity index (χ1) is 9.47. The normalized spacial score (nSPS) is 10.1. The summed E-state index contributed by atoms with van der Waals surface area (Å²) in [6.07, 6.45) is 0. The summed E-state index contributed by atoms with van der Waals surface area (Å²) in [7, 11) is 0. The smallest absolute Gasteiger partial charge is 0.293 e. The number of nitrogens with two attached hydrogens (primary N) is 1. The highest BCUT2D eigenvalue weighted by Crippen LogP contribution is 2.25. The fourth-order valence-electron chi connectivity index (χ4n) is 1.77. The van der Waals surface area contributed by atoms with Crippen molar-refractivity contribution in [2.45, 2.75) is 6.92 Å². The Bertz CT molecular complexity index is 683. The van der Waals surface area contributed by atoms with Gasteiger partial charge in [0.15, 0.2) is 0 Å². The molecule has 6 heteroatoms. The lowest BCUT2D eigenvalue weighted by Gasteiger charge is -2.07. The second-order valence-electron chi connectivity index (χ2n) is 4.36. The average molecular weight is 271 g/mol. The maximum atomic E-state index is 12.0. The van der Waals surface area contributed by atoms with Gasteiger partial charge in [0.05, 0.1) is 4.92 Å². The summed E-state index contributed by atoms with van der Waals surface area (Å²) in [5.74, 6) is -0.441. The number of aryl methyl sites for hydroxylation is 1. The number of benzene rings is 2. The number of nitrogen functional groups attached to an aromatic ring is 1. The highest BCUT2D eigenvalue weighted by Gasteiger charge is 2.16. The van der Waals surface area contributed by atoms with Gasteiger partial charge in [-0.05, 0) is 36.8 Å². The standard InChI is InChI=1S/C14H13N3O3/c1-9-5-6-12(13(7-9)17(19)20)16-14(18)10-3-2-4-11(15)8-10/h2-8H,15H2,1H3,(H,16,18). The second-order valence-corrected chi connectivity index (χ2v) is 4.36. The van der Waals surface area contributed by atoms with Crippen LogP contribution in [0.15, 0.2) is 42.5 Å². The van der Waals surface area contributed by atoms with Crippen LogP contribution in [0, 0.1) is 17.0 Å². The van der Waals surface area contributed by atoms with Gasteiger partial charge in [-0.15, -0.1) is 0 Å². The van der Waals surface area contributed by atoms with E-state index in [9.17, 15) is 14.9 Å². The molecule has 0 atom stereocenters. The fraction of sp³-hybridized carbons (Fsp3) is 0.0714. The first-order valence-corrected chi connectivity index (χ1v) is 5.89. The lowest BCUT2D eigenvalue weighted by Crippen LogP contribution is -2.13. The Balaban J connectivity index is 2.30. The molecule has 0 aliphatic heterocycles. The minimum atomic E-state index is -0.526. The predicted octanol–water partition coefficient (Wildman–Crippen LogP) is 2.74. The Labute approximate surface area is 115 Å². The van der Waals surface area contributed by atoms with Crippen molar-refractivity contribution in [2.24, 2.45) is 0 Å². The molecule has 0 aliphatic carbocycles. The van der Waals surface area contributed by atoms with E-state index >= 15 is 0 Å². The average Bonchev–Trinajstić information content (AvgIpc) is 2.40. The molecule has 102 valence electrons. The molecule has 0 fully saturated rings. The Morgan fingerprint density at radius 1 is 1.25 bits per heavy atom. The zero-order valence-corrected chi connectivity index (χ0v) is 10.8. The third-order valence-corrected chi connectivity index (χ3v) is 2.75. The van der Waals surface area contributed by atoms with Gasteiger partial charge in [0.2, 0.25) is 0 Å². The molecular formula is C14H13N3O3. The molecular weight excluding hydrogens is 258 g/mol. The van der Waals surface area contributed by atoms with Gasteiger partial charge in [-0.2, -0.15) is 0 Å². The molecule has 0 unspecified atom stereocenters. The highest BCUT2D eigenvalue weighted by molar-refractivity contribution is 6.05. The van der Waals surface area contributed by atoms with E-state index in [-0.39, 0.29) is 11.4 Å². The van der Waals surface area contributed by atoms with Crippen LogP contribution in [0.2, 0.25) is 0 Å². The van der Waals surface area contributed by atoms with E-state index in [2.05, 4.69) is 5.32 Å². The minimum Gasteiger partial charge on any atom is -0.399 e. The molecule has 3 N–H and O–H groups in total. The Hall–Kier alpha value is -2.89. The molecule has 0 radical (unpaired) electrons. The molecule has 6 nitrogen and oxygen atoms in total. The minimum absolute atomic E-state index is 0.137. The maximum absolute atomic E-state index is 12.0. The van der Waals surface area contributed by atoms with Gasteiger partial charge in [0, 0.05) is 17.3 Å². The third kappa shape index (κ3) is 2.92. The number of nitrogens with one attached hydrogen (secondary N) is 1. The molecule has 2 aromatic carbocycles. The molecule has 2 rings (SSSR count). The van der Waals surface area contributed by atoms with E-state index in [1.165, 1.54) is 18.2 Å². The van der Waals surface area contributed by atoms with Crippen molar-refractivity contribution in [1.29, 1.82) is 0 Å². The van der Waals surface area contributed by atoms with E-state index in [1.54, 1.807) is 31.2 Å². The summed E-state index contributed by atoms with van der Waals surface area (Å²) in [6, 6.07) is 11.0. The van der Waals surface area contributed by atoms with Crippen LogP contribution < -0.4 is 11.1 Å². The number of hydrogen-bond acceptors (Lipinski definition) is 4. The topological polar surface area (TPSA) is 98.3 Å². The van der Waals surface area contributed by atoms with Gasteiger partial charge in [-0.1, -0.05) is 12.1 Å². The lowest BCUT2D eigenvalue weighted by atomic mass is 10.1. The van der Waals surface area contributed by atoms with Crippen molar-refractivity contribution < 1.29 is 9.72 Å². The SMILES string of the molecule is Cc1ccc(NC(=O)c2cccc(N)c2)c([N+](=O)[O-])c1. The Morgan fingerprint density at radius 3 is 2.65 bits per heavy atom. The van der Waals surface area contributed by atoms with Gasteiger partial charge in [-0.25, -0.2) is 0 Å². The van der Waals surface area contributed by atoms with E-state index in [4.69, 9.17) is 5.73 Å². The molecule has 0 heterocycles. The molecule has 0 saturated carbocycles. The number of nitro groups is 1. The predicted molar refractivity (Wildman–Crippen MR) is 76.6 cm³/mol. The second kappa shape index (κ2) is 5.40. The van der Waals surface area contributed by atoms with Crippen LogP contribution in [-0.4, -0.2) is 10.8 Å². The maximum Gasteiger partial charge on any atom is 0.293 e. The molecule has 0 bridgehead atoms. The zero-order chi connectivity index (χ0) is 14.7. The van der Waals surface area contributed by atoms with Crippen LogP contribution in [0.4, 0.5) is 17.1 Å². The monoisotopic (exact) mass is 271 g/mol. The first-order valence-electron chi connectivity index (χ1n) is 5.89. The zero-order valence-electron chi connectivity index (χ0n) is 10.8. The van der Waals surface area contributed by atoms with Crippen LogP contribution >= 0.6 is 0 Å².